The average Bonchev–Trinajstić information content (AvgIpc) is 2.47. The maximum atomic E-state index is 13.4. The molecule has 1 aromatic heterocycles. The van der Waals surface area contributed by atoms with Crippen molar-refractivity contribution in [2.24, 2.45) is 0 Å². The molecular formula is C14H12F4N2O. The van der Waals surface area contributed by atoms with E-state index < -0.39 is 24.6 Å². The Morgan fingerprint density at radius 1 is 1.19 bits per heavy atom. The molecule has 0 atom stereocenters. The molecule has 1 heterocycles. The lowest BCUT2D eigenvalue weighted by Gasteiger charge is -2.14. The van der Waals surface area contributed by atoms with Gasteiger partial charge in [0.2, 0.25) is 0 Å². The number of halogens is 4. The largest absolute Gasteiger partial charge is 0.496 e. The molecule has 0 aliphatic carbocycles. The fraction of sp³-hybridized carbons (Fsp3) is 0.214. The van der Waals surface area contributed by atoms with Gasteiger partial charge in [0.05, 0.1) is 25.5 Å². The molecular weight excluding hydrogens is 288 g/mol. The Hall–Kier alpha value is -2.31. The zero-order chi connectivity index (χ0) is 15.4. The monoisotopic (exact) mass is 300 g/mol. The Balaban J connectivity index is 2.49. The molecule has 0 bridgehead atoms. The summed E-state index contributed by atoms with van der Waals surface area (Å²) in [5.41, 5.74) is 0.916. The van der Waals surface area contributed by atoms with Gasteiger partial charge < -0.3 is 10.1 Å². The molecule has 0 aliphatic rings. The third-order valence-electron chi connectivity index (χ3n) is 2.80. The highest BCUT2D eigenvalue weighted by molar-refractivity contribution is 5.81. The molecule has 0 spiro atoms. The third kappa shape index (κ3) is 3.42. The summed E-state index contributed by atoms with van der Waals surface area (Å²) in [6.07, 6.45) is 0.201. The Morgan fingerprint density at radius 2 is 1.90 bits per heavy atom. The van der Waals surface area contributed by atoms with Crippen LogP contribution in [-0.4, -0.2) is 25.1 Å². The summed E-state index contributed by atoms with van der Waals surface area (Å²) >= 11 is 0. The van der Waals surface area contributed by atoms with Crippen LogP contribution < -0.4 is 10.1 Å². The van der Waals surface area contributed by atoms with Crippen molar-refractivity contribution in [3.8, 4) is 16.9 Å². The van der Waals surface area contributed by atoms with Gasteiger partial charge in [-0.05, 0) is 12.1 Å². The van der Waals surface area contributed by atoms with E-state index in [1.165, 1.54) is 25.6 Å². The minimum absolute atomic E-state index is 0.0974. The van der Waals surface area contributed by atoms with Crippen LogP contribution in [0.4, 0.5) is 23.2 Å². The van der Waals surface area contributed by atoms with Gasteiger partial charge in [-0.15, -0.1) is 0 Å². The third-order valence-corrected chi connectivity index (χ3v) is 2.80. The number of nitrogens with one attached hydrogen (secondary N) is 1. The number of nitrogens with zero attached hydrogens (tertiary/aromatic N) is 1. The summed E-state index contributed by atoms with van der Waals surface area (Å²) in [5, 5.41) is 2.51. The van der Waals surface area contributed by atoms with E-state index in [2.05, 4.69) is 10.3 Å². The molecule has 0 aliphatic heterocycles. The maximum absolute atomic E-state index is 13.4. The van der Waals surface area contributed by atoms with Crippen molar-refractivity contribution in [1.82, 2.24) is 4.98 Å². The number of hydrogen-bond acceptors (Lipinski definition) is 3. The predicted molar refractivity (Wildman–Crippen MR) is 70.6 cm³/mol. The maximum Gasteiger partial charge on any atom is 0.255 e. The van der Waals surface area contributed by atoms with E-state index in [1.807, 2.05) is 0 Å². The Labute approximate surface area is 118 Å². The molecule has 1 N–H and O–H groups in total. The standard InChI is InChI=1S/C14H12F4N2O/c1-21-13-5-11(16)10(15)4-9(13)8-2-3-19-6-12(8)20-7-14(17)18/h2-6,14,20H,7H2,1H3. The number of methoxy groups -OCH3 is 1. The molecule has 2 rings (SSSR count). The van der Waals surface area contributed by atoms with E-state index in [-0.39, 0.29) is 17.0 Å². The summed E-state index contributed by atoms with van der Waals surface area (Å²) < 4.78 is 56.3. The summed E-state index contributed by atoms with van der Waals surface area (Å²) in [6, 6.07) is 3.36. The number of rotatable bonds is 5. The van der Waals surface area contributed by atoms with Gasteiger partial charge in [-0.2, -0.15) is 0 Å². The Morgan fingerprint density at radius 3 is 2.57 bits per heavy atom. The lowest BCUT2D eigenvalue weighted by molar-refractivity contribution is 0.163. The average molecular weight is 300 g/mol. The van der Waals surface area contributed by atoms with Gasteiger partial charge in [0, 0.05) is 23.4 Å². The highest BCUT2D eigenvalue weighted by Gasteiger charge is 2.15. The fourth-order valence-corrected chi connectivity index (χ4v) is 1.87. The normalized spacial score (nSPS) is 10.8. The predicted octanol–water partition coefficient (Wildman–Crippen LogP) is 3.71. The van der Waals surface area contributed by atoms with E-state index >= 15 is 0 Å². The zero-order valence-corrected chi connectivity index (χ0v) is 11.0. The zero-order valence-electron chi connectivity index (χ0n) is 11.0. The van der Waals surface area contributed by atoms with E-state index in [4.69, 9.17) is 4.74 Å². The number of hydrogen-bond donors (Lipinski definition) is 1. The minimum Gasteiger partial charge on any atom is -0.496 e. The number of aromatic nitrogens is 1. The molecule has 3 nitrogen and oxygen atoms in total. The fourth-order valence-electron chi connectivity index (χ4n) is 1.87. The van der Waals surface area contributed by atoms with Crippen molar-refractivity contribution >= 4 is 5.69 Å². The quantitative estimate of drug-likeness (QED) is 0.855. The lowest BCUT2D eigenvalue weighted by atomic mass is 10.0. The highest BCUT2D eigenvalue weighted by atomic mass is 19.3. The molecule has 0 fully saturated rings. The van der Waals surface area contributed by atoms with Crippen LogP contribution in [-0.2, 0) is 0 Å². The summed E-state index contributed by atoms with van der Waals surface area (Å²) in [6.45, 7) is -0.579. The van der Waals surface area contributed by atoms with E-state index in [0.717, 1.165) is 12.1 Å². The van der Waals surface area contributed by atoms with Gasteiger partial charge in [-0.1, -0.05) is 0 Å². The van der Waals surface area contributed by atoms with Gasteiger partial charge >= 0.3 is 0 Å². The van der Waals surface area contributed by atoms with Crippen LogP contribution in [0.15, 0.2) is 30.6 Å². The van der Waals surface area contributed by atoms with Crippen LogP contribution in [0.25, 0.3) is 11.1 Å². The second-order valence-corrected chi connectivity index (χ2v) is 4.16. The van der Waals surface area contributed by atoms with E-state index in [1.54, 1.807) is 0 Å². The van der Waals surface area contributed by atoms with Gasteiger partial charge in [-0.3, -0.25) is 4.98 Å². The van der Waals surface area contributed by atoms with Crippen molar-refractivity contribution in [1.29, 1.82) is 0 Å². The number of pyridine rings is 1. The Bertz CT molecular complexity index is 634. The molecule has 112 valence electrons. The smallest absolute Gasteiger partial charge is 0.255 e. The molecule has 0 saturated carbocycles. The second kappa shape index (κ2) is 6.43. The van der Waals surface area contributed by atoms with Crippen molar-refractivity contribution in [2.45, 2.75) is 6.43 Å². The SMILES string of the molecule is COc1cc(F)c(F)cc1-c1ccncc1NCC(F)F. The molecule has 0 amide bonds. The summed E-state index contributed by atoms with van der Waals surface area (Å²) in [7, 11) is 1.31. The van der Waals surface area contributed by atoms with Gasteiger partial charge in [0.15, 0.2) is 11.6 Å². The molecule has 2 aromatic rings. The first-order valence-electron chi connectivity index (χ1n) is 6.02. The van der Waals surface area contributed by atoms with Crippen molar-refractivity contribution in [3.05, 3.63) is 42.2 Å². The van der Waals surface area contributed by atoms with Crippen LogP contribution >= 0.6 is 0 Å². The molecule has 21 heavy (non-hydrogen) atoms. The van der Waals surface area contributed by atoms with Crippen LogP contribution in [0.3, 0.4) is 0 Å². The van der Waals surface area contributed by atoms with Gasteiger partial charge in [-0.25, -0.2) is 17.6 Å². The highest BCUT2D eigenvalue weighted by Crippen LogP contribution is 2.36. The molecule has 0 unspecified atom stereocenters. The second-order valence-electron chi connectivity index (χ2n) is 4.16. The molecule has 7 heteroatoms. The molecule has 1 aromatic carbocycles. The van der Waals surface area contributed by atoms with Crippen molar-refractivity contribution in [2.75, 3.05) is 19.0 Å². The van der Waals surface area contributed by atoms with Crippen molar-refractivity contribution in [3.63, 3.8) is 0 Å². The molecule has 0 radical (unpaired) electrons. The summed E-state index contributed by atoms with van der Waals surface area (Å²) in [4.78, 5) is 3.83. The first-order chi connectivity index (χ1) is 10.0. The van der Waals surface area contributed by atoms with Gasteiger partial charge in [0.1, 0.15) is 5.75 Å². The Kier molecular flexibility index (Phi) is 4.62. The van der Waals surface area contributed by atoms with Crippen LogP contribution in [0, 0.1) is 11.6 Å². The van der Waals surface area contributed by atoms with Crippen LogP contribution in [0.5, 0.6) is 5.75 Å². The number of alkyl halides is 2. The van der Waals surface area contributed by atoms with Crippen LogP contribution in [0.2, 0.25) is 0 Å². The van der Waals surface area contributed by atoms with E-state index in [9.17, 15) is 17.6 Å². The van der Waals surface area contributed by atoms with Crippen LogP contribution in [0.1, 0.15) is 0 Å². The van der Waals surface area contributed by atoms with E-state index in [0.29, 0.717) is 5.56 Å². The lowest BCUT2D eigenvalue weighted by Crippen LogP contribution is -2.11. The number of benzene rings is 1. The van der Waals surface area contributed by atoms with Crippen molar-refractivity contribution < 1.29 is 22.3 Å². The number of anilines is 1. The summed E-state index contributed by atoms with van der Waals surface area (Å²) in [5.74, 6) is -2.01. The molecule has 0 saturated heterocycles. The minimum atomic E-state index is -2.55. The number of ether oxygens (including phenoxy) is 1. The first kappa shape index (κ1) is 15.1. The topological polar surface area (TPSA) is 34.1 Å². The first-order valence-corrected chi connectivity index (χ1v) is 6.02. The van der Waals surface area contributed by atoms with Gasteiger partial charge in [0.25, 0.3) is 6.43 Å².